The van der Waals surface area contributed by atoms with Crippen LogP contribution in [0.1, 0.15) is 15.9 Å². The first-order chi connectivity index (χ1) is 15.0. The van der Waals surface area contributed by atoms with Gasteiger partial charge in [0.1, 0.15) is 0 Å². The first-order valence-corrected chi connectivity index (χ1v) is 9.56. The van der Waals surface area contributed by atoms with Gasteiger partial charge in [-0.15, -0.1) is 0 Å². The average molecular weight is 413 g/mol. The van der Waals surface area contributed by atoms with Crippen molar-refractivity contribution >= 4 is 33.7 Å². The zero-order valence-corrected chi connectivity index (χ0v) is 16.7. The maximum atomic E-state index is 12.6. The number of rotatable bonds is 6. The Morgan fingerprint density at radius 1 is 0.968 bits per heavy atom. The van der Waals surface area contributed by atoms with E-state index in [0.29, 0.717) is 17.5 Å². The summed E-state index contributed by atoms with van der Waals surface area (Å²) < 4.78 is 0. The summed E-state index contributed by atoms with van der Waals surface area (Å²) in [6.45, 7) is 0.525. The summed E-state index contributed by atoms with van der Waals surface area (Å²) in [7, 11) is 1.73. The minimum absolute atomic E-state index is 0.0277. The number of hydrogen-bond donors (Lipinski definition) is 1. The quantitative estimate of drug-likeness (QED) is 0.371. The number of amides is 1. The summed E-state index contributed by atoms with van der Waals surface area (Å²) in [5, 5.41) is 15.8. The molecule has 0 radical (unpaired) electrons. The van der Waals surface area contributed by atoms with Crippen molar-refractivity contribution in [2.45, 2.75) is 6.54 Å². The molecule has 0 bridgehead atoms. The lowest BCUT2D eigenvalue weighted by Crippen LogP contribution is -2.26. The minimum Gasteiger partial charge on any atom is -0.380 e. The fraction of sp³-hybridized carbons (Fsp3) is 0.0870. The van der Waals surface area contributed by atoms with Crippen LogP contribution in [0.4, 0.5) is 17.1 Å². The van der Waals surface area contributed by atoms with Crippen LogP contribution < -0.4 is 10.2 Å². The van der Waals surface area contributed by atoms with Gasteiger partial charge in [-0.3, -0.25) is 24.9 Å². The number of benzene rings is 2. The topological polar surface area (TPSA) is 101 Å². The van der Waals surface area contributed by atoms with Crippen molar-refractivity contribution in [3.63, 3.8) is 0 Å². The van der Waals surface area contributed by atoms with Crippen LogP contribution in [-0.4, -0.2) is 27.8 Å². The monoisotopic (exact) mass is 413 g/mol. The molecule has 0 saturated carbocycles. The molecule has 4 aromatic rings. The largest absolute Gasteiger partial charge is 0.380 e. The van der Waals surface area contributed by atoms with Gasteiger partial charge >= 0.3 is 0 Å². The van der Waals surface area contributed by atoms with Gasteiger partial charge in [0.2, 0.25) is 0 Å². The highest BCUT2D eigenvalue weighted by Gasteiger charge is 2.15. The summed E-state index contributed by atoms with van der Waals surface area (Å²) in [5.74, 6) is -0.112. The van der Waals surface area contributed by atoms with E-state index in [0.717, 1.165) is 22.3 Å². The van der Waals surface area contributed by atoms with Crippen molar-refractivity contribution in [2.24, 2.45) is 0 Å². The number of nitro benzene ring substituents is 1. The molecule has 0 saturated heterocycles. The van der Waals surface area contributed by atoms with Gasteiger partial charge in [-0.05, 0) is 42.0 Å². The Hall–Kier alpha value is -4.33. The maximum absolute atomic E-state index is 12.6. The van der Waals surface area contributed by atoms with E-state index in [2.05, 4.69) is 15.3 Å². The molecule has 0 unspecified atom stereocenters. The Balaban J connectivity index is 1.49. The third kappa shape index (κ3) is 4.18. The van der Waals surface area contributed by atoms with Crippen LogP contribution >= 0.6 is 0 Å². The Kier molecular flexibility index (Phi) is 5.53. The van der Waals surface area contributed by atoms with E-state index in [1.807, 2.05) is 24.3 Å². The molecule has 154 valence electrons. The predicted octanol–water partition coefficient (Wildman–Crippen LogP) is 4.43. The Morgan fingerprint density at radius 2 is 1.68 bits per heavy atom. The highest BCUT2D eigenvalue weighted by Crippen LogP contribution is 2.31. The molecule has 2 aromatic carbocycles. The maximum Gasteiger partial charge on any atom is 0.278 e. The van der Waals surface area contributed by atoms with Crippen LogP contribution in [-0.2, 0) is 6.54 Å². The smallest absolute Gasteiger partial charge is 0.278 e. The number of non-ortho nitro benzene ring substituents is 1. The first-order valence-electron chi connectivity index (χ1n) is 9.56. The van der Waals surface area contributed by atoms with Gasteiger partial charge in [-0.2, -0.15) is 0 Å². The number of aromatic nitrogens is 2. The van der Waals surface area contributed by atoms with Gasteiger partial charge in [0, 0.05) is 66.8 Å². The number of nitrogens with zero attached hydrogens (tertiary/aromatic N) is 4. The number of fused-ring (bicyclic) bond motifs is 1. The highest BCUT2D eigenvalue weighted by atomic mass is 16.6. The van der Waals surface area contributed by atoms with Crippen molar-refractivity contribution in [3.8, 4) is 0 Å². The molecule has 8 heteroatoms. The molecule has 4 rings (SSSR count). The standard InChI is InChI=1S/C23H19N5O3/c1-27(23(29)17-8-11-24-12-9-17)18-4-2-16(3-5-18)14-26-21-6-7-22(28(30)31)20-15-25-13-10-19(20)21/h2-13,15,26H,14H2,1H3. The van der Waals surface area contributed by atoms with E-state index in [9.17, 15) is 14.9 Å². The van der Waals surface area contributed by atoms with Crippen molar-refractivity contribution in [1.29, 1.82) is 0 Å². The van der Waals surface area contributed by atoms with Gasteiger partial charge in [0.05, 0.1) is 10.3 Å². The van der Waals surface area contributed by atoms with Gasteiger partial charge in [-0.1, -0.05) is 12.1 Å². The van der Waals surface area contributed by atoms with E-state index >= 15 is 0 Å². The zero-order chi connectivity index (χ0) is 21.8. The van der Waals surface area contributed by atoms with Crippen LogP contribution in [0.2, 0.25) is 0 Å². The highest BCUT2D eigenvalue weighted by molar-refractivity contribution is 6.05. The predicted molar refractivity (Wildman–Crippen MR) is 119 cm³/mol. The lowest BCUT2D eigenvalue weighted by atomic mass is 10.1. The molecule has 2 heterocycles. The lowest BCUT2D eigenvalue weighted by molar-refractivity contribution is -0.383. The molecule has 8 nitrogen and oxygen atoms in total. The zero-order valence-electron chi connectivity index (χ0n) is 16.7. The molecule has 0 aliphatic heterocycles. The van der Waals surface area contributed by atoms with Gasteiger partial charge in [-0.25, -0.2) is 0 Å². The first kappa shape index (κ1) is 20.0. The van der Waals surface area contributed by atoms with Gasteiger partial charge in [0.15, 0.2) is 0 Å². The van der Waals surface area contributed by atoms with Crippen molar-refractivity contribution in [2.75, 3.05) is 17.3 Å². The van der Waals surface area contributed by atoms with Crippen molar-refractivity contribution in [1.82, 2.24) is 9.97 Å². The normalized spacial score (nSPS) is 10.6. The Morgan fingerprint density at radius 3 is 2.39 bits per heavy atom. The number of hydrogen-bond acceptors (Lipinski definition) is 6. The van der Waals surface area contributed by atoms with Crippen LogP contribution in [0, 0.1) is 10.1 Å². The van der Waals surface area contributed by atoms with Crippen LogP contribution in [0.5, 0.6) is 0 Å². The SMILES string of the molecule is CN(C(=O)c1ccncc1)c1ccc(CNc2ccc([N+](=O)[O-])c3cnccc23)cc1. The molecule has 0 spiro atoms. The average Bonchev–Trinajstić information content (AvgIpc) is 2.82. The number of nitrogens with one attached hydrogen (secondary N) is 1. The summed E-state index contributed by atoms with van der Waals surface area (Å²) in [5.41, 5.74) is 3.17. The lowest BCUT2D eigenvalue weighted by Gasteiger charge is -2.18. The summed E-state index contributed by atoms with van der Waals surface area (Å²) in [6, 6.07) is 15.9. The fourth-order valence-electron chi connectivity index (χ4n) is 3.33. The second-order valence-corrected chi connectivity index (χ2v) is 6.93. The number of pyridine rings is 2. The van der Waals surface area contributed by atoms with Crippen molar-refractivity contribution in [3.05, 3.63) is 101 Å². The molecule has 0 aliphatic carbocycles. The Bertz CT molecular complexity index is 1240. The summed E-state index contributed by atoms with van der Waals surface area (Å²) in [6.07, 6.45) is 6.30. The van der Waals surface area contributed by atoms with Gasteiger partial charge in [0.25, 0.3) is 11.6 Å². The number of anilines is 2. The number of carbonyl (C=O) groups excluding carboxylic acids is 1. The molecule has 1 amide bonds. The third-order valence-corrected chi connectivity index (χ3v) is 5.03. The molecule has 2 aromatic heterocycles. The number of nitro groups is 1. The van der Waals surface area contributed by atoms with Crippen LogP contribution in [0.3, 0.4) is 0 Å². The summed E-state index contributed by atoms with van der Waals surface area (Å²) >= 11 is 0. The summed E-state index contributed by atoms with van der Waals surface area (Å²) in [4.78, 5) is 33.0. The third-order valence-electron chi connectivity index (χ3n) is 5.03. The van der Waals surface area contributed by atoms with E-state index in [1.54, 1.807) is 54.8 Å². The fourth-order valence-corrected chi connectivity index (χ4v) is 3.33. The molecular weight excluding hydrogens is 394 g/mol. The second kappa shape index (κ2) is 8.58. The van der Waals surface area contributed by atoms with E-state index in [-0.39, 0.29) is 11.6 Å². The van der Waals surface area contributed by atoms with Crippen LogP contribution in [0.25, 0.3) is 10.8 Å². The second-order valence-electron chi connectivity index (χ2n) is 6.93. The van der Waals surface area contributed by atoms with Crippen molar-refractivity contribution < 1.29 is 9.72 Å². The van der Waals surface area contributed by atoms with E-state index in [1.165, 1.54) is 12.3 Å². The van der Waals surface area contributed by atoms with Crippen LogP contribution in [0.15, 0.2) is 79.4 Å². The molecule has 0 fully saturated rings. The van der Waals surface area contributed by atoms with E-state index in [4.69, 9.17) is 0 Å². The van der Waals surface area contributed by atoms with E-state index < -0.39 is 4.92 Å². The minimum atomic E-state index is -0.406. The molecule has 1 N–H and O–H groups in total. The molecule has 0 aliphatic rings. The van der Waals surface area contributed by atoms with Gasteiger partial charge < -0.3 is 10.2 Å². The molecule has 31 heavy (non-hydrogen) atoms. The Labute approximate surface area is 178 Å². The molecular formula is C23H19N5O3. The molecule has 0 atom stereocenters. The number of carbonyl (C=O) groups is 1.